The molecule has 3 aromatic heterocycles. The van der Waals surface area contributed by atoms with Gasteiger partial charge in [0.2, 0.25) is 0 Å². The molecule has 0 fully saturated rings. The number of thiazole rings is 1. The van der Waals surface area contributed by atoms with E-state index in [4.69, 9.17) is 9.47 Å². The van der Waals surface area contributed by atoms with Gasteiger partial charge in [-0.3, -0.25) is 0 Å². The lowest BCUT2D eigenvalue weighted by atomic mass is 10.2. The highest BCUT2D eigenvalue weighted by Crippen LogP contribution is 2.34. The van der Waals surface area contributed by atoms with Gasteiger partial charge in [0.25, 0.3) is 5.88 Å². The van der Waals surface area contributed by atoms with Gasteiger partial charge in [-0.2, -0.15) is 4.98 Å². The number of rotatable bonds is 8. The molecule has 9 heteroatoms. The van der Waals surface area contributed by atoms with Gasteiger partial charge in [-0.15, -0.1) is 0 Å². The molecule has 0 radical (unpaired) electrons. The molecule has 3 heterocycles. The number of ether oxygens (including phenoxy) is 2. The summed E-state index contributed by atoms with van der Waals surface area (Å²) in [6, 6.07) is 15.6. The van der Waals surface area contributed by atoms with Crippen molar-refractivity contribution in [3.8, 4) is 27.8 Å². The van der Waals surface area contributed by atoms with Crippen LogP contribution < -0.4 is 14.8 Å². The van der Waals surface area contributed by atoms with Crippen LogP contribution >= 0.6 is 11.3 Å². The molecule has 1 N–H and O–H groups in total. The number of para-hydroxylation sites is 2. The fraction of sp³-hybridized carbons (Fsp3) is 0.200. The summed E-state index contributed by atoms with van der Waals surface area (Å²) in [7, 11) is 1.65. The maximum absolute atomic E-state index is 6.05. The molecule has 2 aromatic carbocycles. The predicted octanol–water partition coefficient (Wildman–Crippen LogP) is 6.15. The molecular formula is C25H24N6O2S. The smallest absolute Gasteiger partial charge is 0.250 e. The van der Waals surface area contributed by atoms with Gasteiger partial charge in [0.05, 0.1) is 24.0 Å². The Hall–Kier alpha value is -3.98. The number of nitrogens with zero attached hydrogens (tertiary/aromatic N) is 5. The molecule has 0 saturated carbocycles. The Morgan fingerprint density at radius 1 is 1.00 bits per heavy atom. The van der Waals surface area contributed by atoms with Crippen LogP contribution in [0.4, 0.5) is 10.8 Å². The van der Waals surface area contributed by atoms with Crippen LogP contribution in [0.15, 0.2) is 67.4 Å². The standard InChI is InChI=1S/C25H24N6O2S/c1-16(2)13-31-15-29-22-23(31)27-14-28-24(22)33-18-10-8-17(9-11-18)21-12-26-25(34-21)30-19-6-4-5-7-20(19)32-3/h4-12,14-16H,13H2,1-3H3,(H,26,30). The van der Waals surface area contributed by atoms with Crippen LogP contribution in [0.3, 0.4) is 0 Å². The number of methoxy groups -OCH3 is 1. The first-order chi connectivity index (χ1) is 16.6. The van der Waals surface area contributed by atoms with E-state index in [2.05, 4.69) is 39.1 Å². The van der Waals surface area contributed by atoms with Crippen molar-refractivity contribution in [2.24, 2.45) is 5.92 Å². The van der Waals surface area contributed by atoms with Gasteiger partial charge in [0, 0.05) is 12.7 Å². The zero-order chi connectivity index (χ0) is 23.5. The molecule has 0 bridgehead atoms. The summed E-state index contributed by atoms with van der Waals surface area (Å²) in [5.74, 6) is 2.38. The van der Waals surface area contributed by atoms with Crippen LogP contribution in [0.2, 0.25) is 0 Å². The Bertz CT molecular complexity index is 1410. The highest BCUT2D eigenvalue weighted by molar-refractivity contribution is 7.18. The molecule has 0 unspecified atom stereocenters. The van der Waals surface area contributed by atoms with Crippen molar-refractivity contribution in [2.75, 3.05) is 12.4 Å². The molecule has 172 valence electrons. The highest BCUT2D eigenvalue weighted by Gasteiger charge is 2.13. The Balaban J connectivity index is 1.32. The van der Waals surface area contributed by atoms with Crippen LogP contribution in [0.1, 0.15) is 13.8 Å². The molecular weight excluding hydrogens is 448 g/mol. The van der Waals surface area contributed by atoms with Crippen LogP contribution in [0, 0.1) is 5.92 Å². The zero-order valence-corrected chi connectivity index (χ0v) is 19.9. The summed E-state index contributed by atoms with van der Waals surface area (Å²) >= 11 is 1.57. The Kier molecular flexibility index (Phi) is 6.09. The van der Waals surface area contributed by atoms with Gasteiger partial charge >= 0.3 is 0 Å². The van der Waals surface area contributed by atoms with Gasteiger partial charge in [0.15, 0.2) is 16.3 Å². The topological polar surface area (TPSA) is 87.0 Å². The van der Waals surface area contributed by atoms with E-state index in [1.54, 1.807) is 24.8 Å². The number of aromatic nitrogens is 5. The number of imidazole rings is 1. The van der Waals surface area contributed by atoms with E-state index in [0.717, 1.165) is 39.2 Å². The summed E-state index contributed by atoms with van der Waals surface area (Å²) in [5.41, 5.74) is 3.35. The molecule has 34 heavy (non-hydrogen) atoms. The fourth-order valence-electron chi connectivity index (χ4n) is 3.59. The third kappa shape index (κ3) is 4.55. The zero-order valence-electron chi connectivity index (χ0n) is 19.1. The summed E-state index contributed by atoms with van der Waals surface area (Å²) in [6.45, 7) is 5.16. The Morgan fingerprint density at radius 3 is 2.62 bits per heavy atom. The van der Waals surface area contributed by atoms with Crippen molar-refractivity contribution >= 4 is 33.3 Å². The predicted molar refractivity (Wildman–Crippen MR) is 134 cm³/mol. The largest absolute Gasteiger partial charge is 0.495 e. The third-order valence-electron chi connectivity index (χ3n) is 5.14. The Labute approximate surface area is 201 Å². The van der Waals surface area contributed by atoms with Crippen LogP contribution in [-0.4, -0.2) is 31.6 Å². The fourth-order valence-corrected chi connectivity index (χ4v) is 4.42. The lowest BCUT2D eigenvalue weighted by molar-refractivity contribution is 0.417. The second-order valence-electron chi connectivity index (χ2n) is 8.12. The summed E-state index contributed by atoms with van der Waals surface area (Å²) in [6.07, 6.45) is 5.15. The first kappa shape index (κ1) is 21.8. The molecule has 0 spiro atoms. The van der Waals surface area contributed by atoms with E-state index >= 15 is 0 Å². The number of hydrogen-bond acceptors (Lipinski definition) is 8. The summed E-state index contributed by atoms with van der Waals surface area (Å²) in [5, 5.41) is 4.11. The molecule has 0 amide bonds. The van der Waals surface area contributed by atoms with E-state index in [1.165, 1.54) is 6.33 Å². The number of fused-ring (bicyclic) bond motifs is 1. The van der Waals surface area contributed by atoms with Crippen molar-refractivity contribution < 1.29 is 9.47 Å². The average molecular weight is 473 g/mol. The van der Waals surface area contributed by atoms with E-state index in [-0.39, 0.29) is 0 Å². The van der Waals surface area contributed by atoms with Gasteiger partial charge < -0.3 is 19.4 Å². The van der Waals surface area contributed by atoms with Gasteiger partial charge in [0.1, 0.15) is 17.8 Å². The van der Waals surface area contributed by atoms with Crippen LogP contribution in [0.5, 0.6) is 17.4 Å². The molecule has 0 saturated heterocycles. The third-order valence-corrected chi connectivity index (χ3v) is 6.10. The highest BCUT2D eigenvalue weighted by atomic mass is 32.1. The van der Waals surface area contributed by atoms with E-state index in [1.807, 2.05) is 59.3 Å². The van der Waals surface area contributed by atoms with Gasteiger partial charge in [-0.25, -0.2) is 15.0 Å². The van der Waals surface area contributed by atoms with E-state index in [9.17, 15) is 0 Å². The molecule has 0 aliphatic carbocycles. The second kappa shape index (κ2) is 9.48. The van der Waals surface area contributed by atoms with Crippen molar-refractivity contribution in [1.82, 2.24) is 24.5 Å². The minimum absolute atomic E-state index is 0.446. The summed E-state index contributed by atoms with van der Waals surface area (Å²) in [4.78, 5) is 18.7. The second-order valence-corrected chi connectivity index (χ2v) is 9.15. The first-order valence-electron chi connectivity index (χ1n) is 10.9. The number of hydrogen-bond donors (Lipinski definition) is 1. The van der Waals surface area contributed by atoms with E-state index < -0.39 is 0 Å². The quantitative estimate of drug-likeness (QED) is 0.290. The lowest BCUT2D eigenvalue weighted by Crippen LogP contribution is -2.03. The van der Waals surface area contributed by atoms with Gasteiger partial charge in [-0.1, -0.05) is 37.3 Å². The maximum atomic E-state index is 6.05. The molecule has 5 aromatic rings. The van der Waals surface area contributed by atoms with Crippen molar-refractivity contribution in [3.63, 3.8) is 0 Å². The number of nitrogens with one attached hydrogen (secondary N) is 1. The van der Waals surface area contributed by atoms with Crippen molar-refractivity contribution in [3.05, 3.63) is 67.4 Å². The Morgan fingerprint density at radius 2 is 1.82 bits per heavy atom. The minimum Gasteiger partial charge on any atom is -0.495 e. The van der Waals surface area contributed by atoms with Crippen LogP contribution in [-0.2, 0) is 6.54 Å². The first-order valence-corrected chi connectivity index (χ1v) is 11.7. The monoisotopic (exact) mass is 472 g/mol. The molecule has 0 aliphatic heterocycles. The number of benzene rings is 2. The number of anilines is 2. The minimum atomic E-state index is 0.446. The van der Waals surface area contributed by atoms with Crippen molar-refractivity contribution in [1.29, 1.82) is 0 Å². The molecule has 0 aliphatic rings. The molecule has 8 nitrogen and oxygen atoms in total. The SMILES string of the molecule is COc1ccccc1Nc1ncc(-c2ccc(Oc3ncnc4c3ncn4CC(C)C)cc2)s1. The summed E-state index contributed by atoms with van der Waals surface area (Å²) < 4.78 is 13.5. The van der Waals surface area contributed by atoms with Crippen LogP contribution in [0.25, 0.3) is 21.6 Å². The maximum Gasteiger partial charge on any atom is 0.250 e. The van der Waals surface area contributed by atoms with E-state index in [0.29, 0.717) is 23.1 Å². The normalized spacial score (nSPS) is 11.2. The van der Waals surface area contributed by atoms with Gasteiger partial charge in [-0.05, 0) is 47.9 Å². The lowest BCUT2D eigenvalue weighted by Gasteiger charge is -2.08. The average Bonchev–Trinajstić information content (AvgIpc) is 3.48. The van der Waals surface area contributed by atoms with Crippen molar-refractivity contribution in [2.45, 2.75) is 20.4 Å². The molecule has 0 atom stereocenters. The molecule has 5 rings (SSSR count).